The fourth-order valence-corrected chi connectivity index (χ4v) is 3.83. The molecule has 0 saturated heterocycles. The summed E-state index contributed by atoms with van der Waals surface area (Å²) >= 11 is 0. The van der Waals surface area contributed by atoms with E-state index in [9.17, 15) is 9.59 Å². The summed E-state index contributed by atoms with van der Waals surface area (Å²) in [7, 11) is 0. The van der Waals surface area contributed by atoms with Crippen LogP contribution >= 0.6 is 0 Å². The molecule has 7 nitrogen and oxygen atoms in total. The van der Waals surface area contributed by atoms with Crippen molar-refractivity contribution in [2.24, 2.45) is 5.92 Å². The minimum Gasteiger partial charge on any atom is -0.489 e. The van der Waals surface area contributed by atoms with Crippen molar-refractivity contribution in [3.8, 4) is 5.75 Å². The first kappa shape index (κ1) is 27.9. The quantitative estimate of drug-likeness (QED) is 0.313. The molecule has 2 atom stereocenters. The van der Waals surface area contributed by atoms with Gasteiger partial charge in [-0.1, -0.05) is 56.3 Å². The normalized spacial score (nSPS) is 12.5. The number of nitrogens with one attached hydrogen (secondary N) is 1. The summed E-state index contributed by atoms with van der Waals surface area (Å²) in [6.45, 7) is 6.71. The van der Waals surface area contributed by atoms with Crippen molar-refractivity contribution >= 4 is 11.9 Å². The molecule has 3 rings (SSSR count). The lowest BCUT2D eigenvalue weighted by Gasteiger charge is -2.25. The Morgan fingerprint density at radius 3 is 2.08 bits per heavy atom. The monoisotopic (exact) mass is 504 g/mol. The number of carbonyl (C=O) groups excluding carboxylic acids is 2. The predicted molar refractivity (Wildman–Crippen MR) is 142 cm³/mol. The lowest BCUT2D eigenvalue weighted by atomic mass is 10.0. The van der Waals surface area contributed by atoms with E-state index in [1.165, 1.54) is 0 Å². The number of ether oxygens (including phenoxy) is 3. The van der Waals surface area contributed by atoms with Crippen LogP contribution in [-0.4, -0.2) is 35.6 Å². The zero-order chi connectivity index (χ0) is 26.5. The minimum absolute atomic E-state index is 0.182. The van der Waals surface area contributed by atoms with Crippen LogP contribution in [0.4, 0.5) is 0 Å². The van der Waals surface area contributed by atoms with Crippen LogP contribution in [0.2, 0.25) is 0 Å². The Labute approximate surface area is 219 Å². The SMILES string of the molecule is CCOC(=O)[C@H](Cc1ccc(OCc2ccncc2)cc1)NC(CC(C)C)C(=O)OCc1ccccc1. The molecule has 1 heterocycles. The van der Waals surface area contributed by atoms with Gasteiger partial charge < -0.3 is 14.2 Å². The molecule has 196 valence electrons. The van der Waals surface area contributed by atoms with Gasteiger partial charge in [0.05, 0.1) is 6.61 Å². The Bertz CT molecular complexity index is 1090. The van der Waals surface area contributed by atoms with Gasteiger partial charge in [0, 0.05) is 12.4 Å². The highest BCUT2D eigenvalue weighted by atomic mass is 16.5. The number of nitrogens with zero attached hydrogens (tertiary/aromatic N) is 1. The lowest BCUT2D eigenvalue weighted by Crippen LogP contribution is -2.50. The molecule has 1 unspecified atom stereocenters. The van der Waals surface area contributed by atoms with Gasteiger partial charge >= 0.3 is 11.9 Å². The van der Waals surface area contributed by atoms with E-state index in [1.807, 2.05) is 80.6 Å². The third kappa shape index (κ3) is 9.69. The Morgan fingerprint density at radius 1 is 0.784 bits per heavy atom. The summed E-state index contributed by atoms with van der Waals surface area (Å²) in [5.41, 5.74) is 2.86. The predicted octanol–water partition coefficient (Wildman–Crippen LogP) is 4.88. The second kappa shape index (κ2) is 14.8. The van der Waals surface area contributed by atoms with Gasteiger partial charge in [0.15, 0.2) is 0 Å². The Hall–Kier alpha value is -3.71. The van der Waals surface area contributed by atoms with Gasteiger partial charge in [-0.05, 0) is 66.6 Å². The number of hydrogen-bond acceptors (Lipinski definition) is 7. The summed E-state index contributed by atoms with van der Waals surface area (Å²) < 4.78 is 16.8. The van der Waals surface area contributed by atoms with Crippen molar-refractivity contribution < 1.29 is 23.8 Å². The molecular formula is C30H36N2O5. The van der Waals surface area contributed by atoms with Crippen molar-refractivity contribution in [2.45, 2.75) is 58.9 Å². The first-order chi connectivity index (χ1) is 17.9. The summed E-state index contributed by atoms with van der Waals surface area (Å²) in [5.74, 6) is 0.168. The molecule has 0 spiro atoms. The summed E-state index contributed by atoms with van der Waals surface area (Å²) in [4.78, 5) is 29.8. The van der Waals surface area contributed by atoms with Crippen LogP contribution in [0.15, 0.2) is 79.1 Å². The zero-order valence-electron chi connectivity index (χ0n) is 21.8. The topological polar surface area (TPSA) is 86.8 Å². The molecule has 7 heteroatoms. The van der Waals surface area contributed by atoms with Gasteiger partial charge in [-0.3, -0.25) is 19.9 Å². The van der Waals surface area contributed by atoms with Gasteiger partial charge in [-0.15, -0.1) is 0 Å². The van der Waals surface area contributed by atoms with Crippen molar-refractivity contribution in [2.75, 3.05) is 6.61 Å². The maximum Gasteiger partial charge on any atom is 0.323 e. The summed E-state index contributed by atoms with van der Waals surface area (Å²) in [6.07, 6.45) is 4.36. The standard InChI is InChI=1S/C30H36N2O5/c1-4-35-29(33)28(19-23-10-12-26(13-11-23)36-20-25-14-16-31-17-15-25)32-27(18-22(2)3)30(34)37-21-24-8-6-5-7-9-24/h5-17,22,27-28,32H,4,18-21H2,1-3H3/t27?,28-/m0/s1. The van der Waals surface area contributed by atoms with Crippen LogP contribution in [0.25, 0.3) is 0 Å². The largest absolute Gasteiger partial charge is 0.489 e. The molecule has 0 bridgehead atoms. The molecule has 0 saturated carbocycles. The highest BCUT2D eigenvalue weighted by Gasteiger charge is 2.29. The third-order valence-electron chi connectivity index (χ3n) is 5.71. The molecule has 3 aromatic rings. The van der Waals surface area contributed by atoms with Crippen LogP contribution in [0.1, 0.15) is 43.9 Å². The average Bonchev–Trinajstić information content (AvgIpc) is 2.91. The molecule has 0 aliphatic carbocycles. The fourth-order valence-electron chi connectivity index (χ4n) is 3.83. The fraction of sp³-hybridized carbons (Fsp3) is 0.367. The zero-order valence-corrected chi connectivity index (χ0v) is 21.8. The molecular weight excluding hydrogens is 468 g/mol. The first-order valence-electron chi connectivity index (χ1n) is 12.7. The number of aromatic nitrogens is 1. The van der Waals surface area contributed by atoms with E-state index in [0.29, 0.717) is 19.4 Å². The van der Waals surface area contributed by atoms with E-state index in [2.05, 4.69) is 10.3 Å². The van der Waals surface area contributed by atoms with Crippen molar-refractivity contribution in [3.05, 3.63) is 95.8 Å². The number of hydrogen-bond donors (Lipinski definition) is 1. The molecule has 0 aliphatic heterocycles. The molecule has 0 fully saturated rings. The number of pyridine rings is 1. The van der Waals surface area contributed by atoms with E-state index in [-0.39, 0.29) is 25.1 Å². The number of rotatable bonds is 14. The number of benzene rings is 2. The van der Waals surface area contributed by atoms with Crippen molar-refractivity contribution in [3.63, 3.8) is 0 Å². The molecule has 0 aliphatic rings. The van der Waals surface area contributed by atoms with Gasteiger partial charge in [0.25, 0.3) is 0 Å². The molecule has 0 radical (unpaired) electrons. The van der Waals surface area contributed by atoms with E-state index < -0.39 is 18.1 Å². The maximum atomic E-state index is 13.0. The van der Waals surface area contributed by atoms with Gasteiger partial charge in [-0.25, -0.2) is 0 Å². The highest BCUT2D eigenvalue weighted by Crippen LogP contribution is 2.17. The van der Waals surface area contributed by atoms with Crippen LogP contribution in [0.5, 0.6) is 5.75 Å². The number of esters is 2. The molecule has 1 aromatic heterocycles. The van der Waals surface area contributed by atoms with E-state index in [0.717, 1.165) is 22.4 Å². The second-order valence-corrected chi connectivity index (χ2v) is 9.24. The average molecular weight is 505 g/mol. The Morgan fingerprint density at radius 2 is 1.43 bits per heavy atom. The molecule has 1 N–H and O–H groups in total. The smallest absolute Gasteiger partial charge is 0.323 e. The first-order valence-corrected chi connectivity index (χ1v) is 12.7. The summed E-state index contributed by atoms with van der Waals surface area (Å²) in [5, 5.41) is 3.23. The van der Waals surface area contributed by atoms with Gasteiger partial charge in [-0.2, -0.15) is 0 Å². The van der Waals surface area contributed by atoms with Crippen molar-refractivity contribution in [1.82, 2.24) is 10.3 Å². The Balaban J connectivity index is 1.65. The minimum atomic E-state index is -0.698. The van der Waals surface area contributed by atoms with Crippen LogP contribution in [-0.2, 0) is 38.7 Å². The van der Waals surface area contributed by atoms with Crippen LogP contribution in [0, 0.1) is 5.92 Å². The van der Waals surface area contributed by atoms with Gasteiger partial charge in [0.2, 0.25) is 0 Å². The van der Waals surface area contributed by atoms with Gasteiger partial charge in [0.1, 0.15) is 31.0 Å². The third-order valence-corrected chi connectivity index (χ3v) is 5.71. The Kier molecular flexibility index (Phi) is 11.1. The number of carbonyl (C=O) groups is 2. The van der Waals surface area contributed by atoms with E-state index >= 15 is 0 Å². The van der Waals surface area contributed by atoms with Crippen LogP contribution < -0.4 is 10.1 Å². The molecule has 37 heavy (non-hydrogen) atoms. The van der Waals surface area contributed by atoms with Crippen molar-refractivity contribution in [1.29, 1.82) is 0 Å². The van der Waals surface area contributed by atoms with E-state index in [4.69, 9.17) is 14.2 Å². The lowest BCUT2D eigenvalue weighted by molar-refractivity contribution is -0.150. The highest BCUT2D eigenvalue weighted by molar-refractivity contribution is 5.80. The molecule has 2 aromatic carbocycles. The van der Waals surface area contributed by atoms with E-state index in [1.54, 1.807) is 19.3 Å². The summed E-state index contributed by atoms with van der Waals surface area (Å²) in [6, 6.07) is 19.6. The molecule has 0 amide bonds. The second-order valence-electron chi connectivity index (χ2n) is 9.24. The maximum absolute atomic E-state index is 13.0. The van der Waals surface area contributed by atoms with Crippen LogP contribution in [0.3, 0.4) is 0 Å².